The fourth-order valence-corrected chi connectivity index (χ4v) is 1.45. The van der Waals surface area contributed by atoms with E-state index in [1.54, 1.807) is 38.1 Å². The molecule has 0 aliphatic rings. The number of aromatic hydroxyl groups is 1. The third-order valence-electron chi connectivity index (χ3n) is 2.92. The standard InChI is InChI=1S/C14H19NO4/c1-14(2,13(18)19)9-15-12(17)8-7-10-5-3-4-6-11(10)16/h3-6,16H,7-9H2,1-2H3,(H,15,17)(H,18,19). The maximum Gasteiger partial charge on any atom is 0.310 e. The number of benzene rings is 1. The van der Waals surface area contributed by atoms with Crippen LogP contribution in [0.5, 0.6) is 5.75 Å². The summed E-state index contributed by atoms with van der Waals surface area (Å²) < 4.78 is 0. The van der Waals surface area contributed by atoms with Gasteiger partial charge in [0.15, 0.2) is 0 Å². The van der Waals surface area contributed by atoms with Crippen molar-refractivity contribution < 1.29 is 19.8 Å². The fraction of sp³-hybridized carbons (Fsp3) is 0.429. The van der Waals surface area contributed by atoms with Crippen LogP contribution in [0.3, 0.4) is 0 Å². The van der Waals surface area contributed by atoms with E-state index in [1.807, 2.05) is 0 Å². The number of carboxylic acid groups (broad SMARTS) is 1. The number of para-hydroxylation sites is 1. The lowest BCUT2D eigenvalue weighted by Crippen LogP contribution is -2.38. The van der Waals surface area contributed by atoms with Crippen molar-refractivity contribution in [3.8, 4) is 5.75 Å². The predicted molar refractivity (Wildman–Crippen MR) is 70.9 cm³/mol. The number of amides is 1. The van der Waals surface area contributed by atoms with E-state index in [0.717, 1.165) is 0 Å². The van der Waals surface area contributed by atoms with E-state index < -0.39 is 11.4 Å². The molecule has 0 aliphatic heterocycles. The quantitative estimate of drug-likeness (QED) is 0.728. The summed E-state index contributed by atoms with van der Waals surface area (Å²) in [6.07, 6.45) is 0.638. The largest absolute Gasteiger partial charge is 0.508 e. The highest BCUT2D eigenvalue weighted by molar-refractivity contribution is 5.78. The van der Waals surface area contributed by atoms with Gasteiger partial charge in [0.1, 0.15) is 5.75 Å². The van der Waals surface area contributed by atoms with Crippen LogP contribution >= 0.6 is 0 Å². The molecule has 0 atom stereocenters. The zero-order valence-electron chi connectivity index (χ0n) is 11.1. The number of aliphatic carboxylic acids is 1. The Labute approximate surface area is 112 Å². The summed E-state index contributed by atoms with van der Waals surface area (Å²) in [6, 6.07) is 6.83. The Hall–Kier alpha value is -2.04. The number of carbonyl (C=O) groups excluding carboxylic acids is 1. The Kier molecular flexibility index (Phi) is 4.92. The highest BCUT2D eigenvalue weighted by atomic mass is 16.4. The minimum Gasteiger partial charge on any atom is -0.508 e. The van der Waals surface area contributed by atoms with Gasteiger partial charge in [0, 0.05) is 13.0 Å². The first kappa shape index (κ1) is 15.0. The molecule has 0 aromatic heterocycles. The Morgan fingerprint density at radius 1 is 1.26 bits per heavy atom. The van der Waals surface area contributed by atoms with Crippen LogP contribution in [0.25, 0.3) is 0 Å². The first-order valence-electron chi connectivity index (χ1n) is 6.10. The van der Waals surface area contributed by atoms with Gasteiger partial charge in [-0.05, 0) is 31.9 Å². The van der Waals surface area contributed by atoms with E-state index >= 15 is 0 Å². The molecule has 0 aliphatic carbocycles. The van der Waals surface area contributed by atoms with Gasteiger partial charge >= 0.3 is 5.97 Å². The Balaban J connectivity index is 2.41. The molecule has 1 amide bonds. The Morgan fingerprint density at radius 2 is 1.89 bits per heavy atom. The van der Waals surface area contributed by atoms with E-state index in [4.69, 9.17) is 5.11 Å². The van der Waals surface area contributed by atoms with E-state index in [1.165, 1.54) is 0 Å². The molecule has 104 valence electrons. The minimum atomic E-state index is -0.982. The molecule has 0 saturated heterocycles. The summed E-state index contributed by atoms with van der Waals surface area (Å²) >= 11 is 0. The number of nitrogens with one attached hydrogen (secondary N) is 1. The Morgan fingerprint density at radius 3 is 2.47 bits per heavy atom. The molecule has 1 aromatic rings. The second kappa shape index (κ2) is 6.22. The number of carboxylic acids is 1. The summed E-state index contributed by atoms with van der Waals surface area (Å²) in [5.41, 5.74) is -0.278. The predicted octanol–water partition coefficient (Wildman–Crippen LogP) is 1.55. The normalized spacial score (nSPS) is 11.1. The maximum atomic E-state index is 11.6. The summed E-state index contributed by atoms with van der Waals surface area (Å²) in [5, 5.41) is 21.1. The van der Waals surface area contributed by atoms with E-state index in [-0.39, 0.29) is 24.6 Å². The van der Waals surface area contributed by atoms with Crippen molar-refractivity contribution in [2.45, 2.75) is 26.7 Å². The number of phenolic OH excluding ortho intramolecular Hbond substituents is 1. The van der Waals surface area contributed by atoms with Gasteiger partial charge in [-0.3, -0.25) is 9.59 Å². The monoisotopic (exact) mass is 265 g/mol. The molecule has 0 fully saturated rings. The molecule has 0 bridgehead atoms. The smallest absolute Gasteiger partial charge is 0.310 e. The SMILES string of the molecule is CC(C)(CNC(=O)CCc1ccccc1O)C(=O)O. The highest BCUT2D eigenvalue weighted by Gasteiger charge is 2.27. The molecule has 0 saturated carbocycles. The van der Waals surface area contributed by atoms with Crippen molar-refractivity contribution in [2.24, 2.45) is 5.41 Å². The lowest BCUT2D eigenvalue weighted by atomic mass is 9.94. The number of carbonyl (C=O) groups is 2. The summed E-state index contributed by atoms with van der Waals surface area (Å²) in [5.74, 6) is -1.01. The van der Waals surface area contributed by atoms with Crippen LogP contribution in [0.2, 0.25) is 0 Å². The molecule has 1 rings (SSSR count). The Bertz CT molecular complexity index is 468. The first-order chi connectivity index (χ1) is 8.83. The van der Waals surface area contributed by atoms with Crippen LogP contribution in [0.15, 0.2) is 24.3 Å². The average Bonchev–Trinajstić information content (AvgIpc) is 2.35. The number of phenols is 1. The molecule has 0 unspecified atom stereocenters. The van der Waals surface area contributed by atoms with Crippen LogP contribution in [0.4, 0.5) is 0 Å². The third-order valence-corrected chi connectivity index (χ3v) is 2.92. The van der Waals surface area contributed by atoms with Gasteiger partial charge in [-0.25, -0.2) is 0 Å². The fourth-order valence-electron chi connectivity index (χ4n) is 1.45. The average molecular weight is 265 g/mol. The summed E-state index contributed by atoms with van der Waals surface area (Å²) in [4.78, 5) is 22.5. The maximum absolute atomic E-state index is 11.6. The van der Waals surface area contributed by atoms with Gasteiger partial charge in [-0.1, -0.05) is 18.2 Å². The number of hydrogen-bond acceptors (Lipinski definition) is 3. The summed E-state index contributed by atoms with van der Waals surface area (Å²) in [6.45, 7) is 3.19. The molecule has 5 nitrogen and oxygen atoms in total. The lowest BCUT2D eigenvalue weighted by Gasteiger charge is -2.19. The minimum absolute atomic E-state index is 0.0853. The van der Waals surface area contributed by atoms with Crippen LogP contribution in [0.1, 0.15) is 25.8 Å². The van der Waals surface area contributed by atoms with Crippen LogP contribution < -0.4 is 5.32 Å². The van der Waals surface area contributed by atoms with Crippen molar-refractivity contribution in [3.05, 3.63) is 29.8 Å². The van der Waals surface area contributed by atoms with Crippen molar-refractivity contribution >= 4 is 11.9 Å². The molecular formula is C14H19NO4. The van der Waals surface area contributed by atoms with Crippen LogP contribution in [-0.2, 0) is 16.0 Å². The van der Waals surface area contributed by atoms with Crippen molar-refractivity contribution in [2.75, 3.05) is 6.54 Å². The molecule has 19 heavy (non-hydrogen) atoms. The second-order valence-electron chi connectivity index (χ2n) is 5.09. The lowest BCUT2D eigenvalue weighted by molar-refractivity contribution is -0.146. The molecule has 0 radical (unpaired) electrons. The zero-order valence-corrected chi connectivity index (χ0v) is 11.1. The topological polar surface area (TPSA) is 86.6 Å². The first-order valence-corrected chi connectivity index (χ1v) is 6.10. The molecule has 1 aromatic carbocycles. The molecule has 5 heteroatoms. The molecule has 0 heterocycles. The summed E-state index contributed by atoms with van der Waals surface area (Å²) in [7, 11) is 0. The molecule has 0 spiro atoms. The zero-order chi connectivity index (χ0) is 14.5. The number of aryl methyl sites for hydroxylation is 1. The van der Waals surface area contributed by atoms with Gasteiger partial charge in [0.25, 0.3) is 0 Å². The van der Waals surface area contributed by atoms with Crippen molar-refractivity contribution in [3.63, 3.8) is 0 Å². The second-order valence-corrected chi connectivity index (χ2v) is 5.09. The van der Waals surface area contributed by atoms with E-state index in [2.05, 4.69) is 5.32 Å². The molecular weight excluding hydrogens is 246 g/mol. The van der Waals surface area contributed by atoms with Crippen LogP contribution in [-0.4, -0.2) is 28.6 Å². The van der Waals surface area contributed by atoms with Gasteiger partial charge in [0.2, 0.25) is 5.91 Å². The number of rotatable bonds is 6. The number of hydrogen-bond donors (Lipinski definition) is 3. The van der Waals surface area contributed by atoms with Gasteiger partial charge in [-0.15, -0.1) is 0 Å². The van der Waals surface area contributed by atoms with E-state index in [0.29, 0.717) is 12.0 Å². The third kappa shape index (κ3) is 4.62. The van der Waals surface area contributed by atoms with Crippen molar-refractivity contribution in [1.82, 2.24) is 5.32 Å². The highest BCUT2D eigenvalue weighted by Crippen LogP contribution is 2.17. The van der Waals surface area contributed by atoms with Crippen molar-refractivity contribution in [1.29, 1.82) is 0 Å². The van der Waals surface area contributed by atoms with E-state index in [9.17, 15) is 14.7 Å². The van der Waals surface area contributed by atoms with Gasteiger partial charge in [-0.2, -0.15) is 0 Å². The van der Waals surface area contributed by atoms with Crippen LogP contribution in [0, 0.1) is 5.41 Å². The van der Waals surface area contributed by atoms with Gasteiger partial charge in [0.05, 0.1) is 5.41 Å². The molecule has 3 N–H and O–H groups in total. The van der Waals surface area contributed by atoms with Gasteiger partial charge < -0.3 is 15.5 Å².